The molecule has 0 aliphatic carbocycles. The molecule has 26 heavy (non-hydrogen) atoms. The largest absolute Gasteiger partial charge is 0.478 e. The molecule has 0 aromatic heterocycles. The van der Waals surface area contributed by atoms with Gasteiger partial charge in [0.05, 0.1) is 15.6 Å². The summed E-state index contributed by atoms with van der Waals surface area (Å²) in [5.74, 6) is -1.01. The van der Waals surface area contributed by atoms with E-state index in [1.54, 1.807) is 0 Å². The fourth-order valence-corrected chi connectivity index (χ4v) is 2.21. The standard InChI is InChI=1S/C17H13Cl2F3O4/c1-16(2,15(23)24)26-14-8-10(4-5-11(14)18)25-13-6-3-9(7-12(13)19)17(20,21)22/h3-8H,1-2H3,(H,23,24). The Balaban J connectivity index is 2.28. The highest BCUT2D eigenvalue weighted by Crippen LogP contribution is 2.38. The predicted molar refractivity (Wildman–Crippen MR) is 90.3 cm³/mol. The van der Waals surface area contributed by atoms with Gasteiger partial charge in [-0.05, 0) is 44.2 Å². The zero-order chi connectivity index (χ0) is 19.7. The summed E-state index contributed by atoms with van der Waals surface area (Å²) < 4.78 is 48.8. The number of carbonyl (C=O) groups is 1. The van der Waals surface area contributed by atoms with Crippen molar-refractivity contribution in [2.24, 2.45) is 0 Å². The van der Waals surface area contributed by atoms with Crippen LogP contribution in [0.4, 0.5) is 13.2 Å². The van der Waals surface area contributed by atoms with Crippen LogP contribution in [0.5, 0.6) is 17.2 Å². The minimum atomic E-state index is -4.52. The van der Waals surface area contributed by atoms with Crippen LogP contribution in [0.2, 0.25) is 10.0 Å². The molecule has 0 amide bonds. The molecular formula is C17H13Cl2F3O4. The minimum absolute atomic E-state index is 0.00886. The molecule has 0 saturated heterocycles. The molecule has 0 spiro atoms. The van der Waals surface area contributed by atoms with Gasteiger partial charge in [-0.25, -0.2) is 4.79 Å². The molecule has 140 valence electrons. The van der Waals surface area contributed by atoms with Crippen molar-refractivity contribution in [2.75, 3.05) is 0 Å². The van der Waals surface area contributed by atoms with E-state index in [0.29, 0.717) is 0 Å². The summed E-state index contributed by atoms with van der Waals surface area (Å²) in [5, 5.41) is 9.03. The zero-order valence-electron chi connectivity index (χ0n) is 13.5. The molecule has 2 aromatic carbocycles. The Bertz CT molecular complexity index is 835. The lowest BCUT2D eigenvalue weighted by Gasteiger charge is -2.22. The van der Waals surface area contributed by atoms with Crippen LogP contribution >= 0.6 is 23.2 Å². The molecule has 0 atom stereocenters. The van der Waals surface area contributed by atoms with Gasteiger partial charge in [0.25, 0.3) is 0 Å². The molecule has 0 bridgehead atoms. The van der Waals surface area contributed by atoms with Crippen molar-refractivity contribution in [3.05, 3.63) is 52.0 Å². The minimum Gasteiger partial charge on any atom is -0.478 e. The van der Waals surface area contributed by atoms with E-state index in [1.165, 1.54) is 32.0 Å². The Morgan fingerprint density at radius 1 is 1.00 bits per heavy atom. The van der Waals surface area contributed by atoms with Crippen LogP contribution in [-0.2, 0) is 11.0 Å². The number of hydrogen-bond donors (Lipinski definition) is 1. The van der Waals surface area contributed by atoms with E-state index in [1.807, 2.05) is 0 Å². The molecule has 0 fully saturated rings. The number of halogens is 5. The van der Waals surface area contributed by atoms with Gasteiger partial charge in [0.15, 0.2) is 5.60 Å². The Morgan fingerprint density at radius 3 is 2.19 bits per heavy atom. The molecule has 1 N–H and O–H groups in total. The van der Waals surface area contributed by atoms with E-state index in [2.05, 4.69) is 0 Å². The summed E-state index contributed by atoms with van der Waals surface area (Å²) in [7, 11) is 0. The lowest BCUT2D eigenvalue weighted by atomic mass is 10.1. The second kappa shape index (κ2) is 7.25. The monoisotopic (exact) mass is 408 g/mol. The maximum Gasteiger partial charge on any atom is 0.416 e. The molecule has 9 heteroatoms. The first-order chi connectivity index (χ1) is 11.9. The van der Waals surface area contributed by atoms with Crippen LogP contribution in [0.15, 0.2) is 36.4 Å². The summed E-state index contributed by atoms with van der Waals surface area (Å²) in [4.78, 5) is 11.2. The van der Waals surface area contributed by atoms with Gasteiger partial charge >= 0.3 is 12.1 Å². The van der Waals surface area contributed by atoms with Crippen LogP contribution in [0.1, 0.15) is 19.4 Å². The fraction of sp³-hybridized carbons (Fsp3) is 0.235. The van der Waals surface area contributed by atoms with Crippen molar-refractivity contribution in [3.63, 3.8) is 0 Å². The molecule has 0 saturated carbocycles. The average molecular weight is 409 g/mol. The number of benzene rings is 2. The number of rotatable bonds is 5. The Hall–Kier alpha value is -2.12. The molecule has 2 rings (SSSR count). The maximum absolute atomic E-state index is 12.7. The van der Waals surface area contributed by atoms with Crippen molar-refractivity contribution in [1.29, 1.82) is 0 Å². The van der Waals surface area contributed by atoms with E-state index >= 15 is 0 Å². The zero-order valence-corrected chi connectivity index (χ0v) is 15.0. The summed E-state index contributed by atoms with van der Waals surface area (Å²) in [6.07, 6.45) is -4.52. The quantitative estimate of drug-likeness (QED) is 0.654. The first-order valence-corrected chi connectivity index (χ1v) is 7.92. The van der Waals surface area contributed by atoms with E-state index in [9.17, 15) is 18.0 Å². The first-order valence-electron chi connectivity index (χ1n) is 7.17. The number of alkyl halides is 3. The third-order valence-corrected chi connectivity index (χ3v) is 3.88. The van der Waals surface area contributed by atoms with Crippen LogP contribution in [-0.4, -0.2) is 16.7 Å². The lowest BCUT2D eigenvalue weighted by molar-refractivity contribution is -0.152. The van der Waals surface area contributed by atoms with Crippen LogP contribution in [0.3, 0.4) is 0 Å². The van der Waals surface area contributed by atoms with Crippen LogP contribution in [0.25, 0.3) is 0 Å². The Morgan fingerprint density at radius 2 is 1.65 bits per heavy atom. The van der Waals surface area contributed by atoms with Gasteiger partial charge in [-0.15, -0.1) is 0 Å². The Kier molecular flexibility index (Phi) is 5.63. The van der Waals surface area contributed by atoms with Crippen molar-refractivity contribution in [2.45, 2.75) is 25.6 Å². The van der Waals surface area contributed by atoms with Crippen LogP contribution < -0.4 is 9.47 Å². The van der Waals surface area contributed by atoms with Crippen molar-refractivity contribution < 1.29 is 32.5 Å². The highest BCUT2D eigenvalue weighted by Gasteiger charge is 2.32. The number of carboxylic acids is 1. The SMILES string of the molecule is CC(C)(Oc1cc(Oc2ccc(C(F)(F)F)cc2Cl)ccc1Cl)C(=O)O. The summed E-state index contributed by atoms with van der Waals surface area (Å²) >= 11 is 11.8. The molecule has 0 aliphatic heterocycles. The topological polar surface area (TPSA) is 55.8 Å². The van der Waals surface area contributed by atoms with Gasteiger partial charge in [0.1, 0.15) is 17.2 Å². The summed E-state index contributed by atoms with van der Waals surface area (Å²) in [6, 6.07) is 6.83. The van der Waals surface area contributed by atoms with Crippen molar-refractivity contribution in [1.82, 2.24) is 0 Å². The number of ether oxygens (including phenoxy) is 2. The van der Waals surface area contributed by atoms with Gasteiger partial charge in [-0.2, -0.15) is 13.2 Å². The van der Waals surface area contributed by atoms with Gasteiger partial charge < -0.3 is 14.6 Å². The second-order valence-electron chi connectivity index (χ2n) is 5.75. The van der Waals surface area contributed by atoms with Gasteiger partial charge in [0, 0.05) is 6.07 Å². The van der Waals surface area contributed by atoms with Gasteiger partial charge in [-0.3, -0.25) is 0 Å². The summed E-state index contributed by atoms with van der Waals surface area (Å²) in [5.41, 5.74) is -2.45. The second-order valence-corrected chi connectivity index (χ2v) is 6.57. The van der Waals surface area contributed by atoms with Gasteiger partial charge in [0.2, 0.25) is 0 Å². The van der Waals surface area contributed by atoms with Crippen LogP contribution in [0, 0.1) is 0 Å². The predicted octanol–water partition coefficient (Wildman–Crippen LogP) is 6.05. The van der Waals surface area contributed by atoms with Crippen molar-refractivity contribution >= 4 is 29.2 Å². The summed E-state index contributed by atoms with van der Waals surface area (Å²) in [6.45, 7) is 2.68. The number of hydrogen-bond acceptors (Lipinski definition) is 3. The molecule has 0 unspecified atom stereocenters. The molecule has 0 aliphatic rings. The third kappa shape index (κ3) is 4.74. The third-order valence-electron chi connectivity index (χ3n) is 3.27. The molecule has 2 aromatic rings. The highest BCUT2D eigenvalue weighted by molar-refractivity contribution is 6.32. The number of carboxylic acid groups (broad SMARTS) is 1. The van der Waals surface area contributed by atoms with Crippen molar-refractivity contribution in [3.8, 4) is 17.2 Å². The molecular weight excluding hydrogens is 396 g/mol. The Labute approximate surface area is 157 Å². The van der Waals surface area contributed by atoms with E-state index in [4.69, 9.17) is 37.8 Å². The fourth-order valence-electron chi connectivity index (χ4n) is 1.83. The lowest BCUT2D eigenvalue weighted by Crippen LogP contribution is -2.37. The van der Waals surface area contributed by atoms with E-state index in [-0.39, 0.29) is 27.3 Å². The maximum atomic E-state index is 12.7. The smallest absolute Gasteiger partial charge is 0.416 e. The molecule has 0 heterocycles. The average Bonchev–Trinajstić information content (AvgIpc) is 2.51. The van der Waals surface area contributed by atoms with E-state index in [0.717, 1.165) is 18.2 Å². The van der Waals surface area contributed by atoms with E-state index < -0.39 is 23.3 Å². The molecule has 0 radical (unpaired) electrons. The normalized spacial score (nSPS) is 12.0. The number of aliphatic carboxylic acids is 1. The van der Waals surface area contributed by atoms with Gasteiger partial charge in [-0.1, -0.05) is 23.2 Å². The highest BCUT2D eigenvalue weighted by atomic mass is 35.5. The molecule has 4 nitrogen and oxygen atoms in total. The first kappa shape index (κ1) is 20.2.